The van der Waals surface area contributed by atoms with Crippen molar-refractivity contribution in [3.8, 4) is 0 Å². The molecule has 0 radical (unpaired) electrons. The van der Waals surface area contributed by atoms with Crippen LogP contribution in [0.25, 0.3) is 0 Å². The molecule has 0 spiro atoms. The maximum atomic E-state index is 11.7. The Hall–Kier alpha value is -1.69. The zero-order valence-corrected chi connectivity index (χ0v) is 11.2. The predicted octanol–water partition coefficient (Wildman–Crippen LogP) is 0.144. The van der Waals surface area contributed by atoms with Crippen LogP contribution in [0.4, 0.5) is 5.82 Å². The van der Waals surface area contributed by atoms with Crippen molar-refractivity contribution < 1.29 is 4.79 Å². The largest absolute Gasteiger partial charge is 0.354 e. The van der Waals surface area contributed by atoms with Crippen molar-refractivity contribution in [1.82, 2.24) is 15.5 Å². The van der Waals surface area contributed by atoms with E-state index >= 15 is 0 Å². The van der Waals surface area contributed by atoms with Crippen LogP contribution >= 0.6 is 0 Å². The molecule has 0 aliphatic rings. The molecule has 0 saturated heterocycles. The van der Waals surface area contributed by atoms with Crippen LogP contribution < -0.4 is 16.0 Å². The van der Waals surface area contributed by atoms with Crippen molar-refractivity contribution in [3.05, 3.63) is 17.8 Å². The number of aromatic nitrogens is 2. The van der Waals surface area contributed by atoms with Crippen LogP contribution in [0, 0.1) is 5.92 Å². The van der Waals surface area contributed by atoms with Gasteiger partial charge in [0.25, 0.3) is 0 Å². The molecule has 3 N–H and O–H groups in total. The van der Waals surface area contributed by atoms with Gasteiger partial charge in [0, 0.05) is 25.7 Å². The molecule has 1 rings (SSSR count). The molecule has 1 amide bonds. The number of amides is 1. The molecule has 6 nitrogen and oxygen atoms in total. The summed E-state index contributed by atoms with van der Waals surface area (Å²) in [5.41, 5.74) is 6.50. The van der Waals surface area contributed by atoms with E-state index in [1.165, 1.54) is 0 Å². The lowest BCUT2D eigenvalue weighted by molar-refractivity contribution is -0.119. The summed E-state index contributed by atoms with van der Waals surface area (Å²) in [7, 11) is 1.80. The van der Waals surface area contributed by atoms with Crippen molar-refractivity contribution in [2.75, 3.05) is 25.0 Å². The molecule has 1 aromatic rings. The van der Waals surface area contributed by atoms with Gasteiger partial charge in [-0.25, -0.2) is 0 Å². The van der Waals surface area contributed by atoms with Gasteiger partial charge in [0.1, 0.15) is 0 Å². The fourth-order valence-electron chi connectivity index (χ4n) is 1.50. The number of anilines is 1. The van der Waals surface area contributed by atoms with E-state index in [1.54, 1.807) is 18.1 Å². The Bertz CT molecular complexity index is 394. The molecule has 0 unspecified atom stereocenters. The second-order valence-corrected chi connectivity index (χ2v) is 4.64. The number of nitrogens with one attached hydrogen (secondary N) is 1. The smallest absolute Gasteiger partial charge is 0.239 e. The Morgan fingerprint density at radius 3 is 2.89 bits per heavy atom. The maximum Gasteiger partial charge on any atom is 0.239 e. The van der Waals surface area contributed by atoms with Gasteiger partial charge in [0.15, 0.2) is 5.82 Å². The molecule has 0 aromatic carbocycles. The number of likely N-dealkylation sites (N-methyl/N-ethyl adjacent to an activating group) is 1. The van der Waals surface area contributed by atoms with Crippen molar-refractivity contribution in [3.63, 3.8) is 0 Å². The number of carbonyl (C=O) groups is 1. The van der Waals surface area contributed by atoms with Gasteiger partial charge in [0.05, 0.1) is 12.7 Å². The number of rotatable bonds is 6. The molecule has 1 aromatic heterocycles. The van der Waals surface area contributed by atoms with Crippen molar-refractivity contribution in [1.29, 1.82) is 0 Å². The summed E-state index contributed by atoms with van der Waals surface area (Å²) in [6.07, 6.45) is 1.60. The summed E-state index contributed by atoms with van der Waals surface area (Å²) in [4.78, 5) is 13.5. The van der Waals surface area contributed by atoms with Crippen molar-refractivity contribution in [2.24, 2.45) is 11.7 Å². The monoisotopic (exact) mass is 251 g/mol. The number of carbonyl (C=O) groups excluding carboxylic acids is 1. The quantitative estimate of drug-likeness (QED) is 0.751. The topological polar surface area (TPSA) is 84.1 Å². The first-order valence-corrected chi connectivity index (χ1v) is 6.03. The van der Waals surface area contributed by atoms with E-state index < -0.39 is 0 Å². The molecular weight excluding hydrogens is 230 g/mol. The number of hydrogen-bond donors (Lipinski definition) is 2. The van der Waals surface area contributed by atoms with Crippen LogP contribution in [0.1, 0.15) is 19.4 Å². The van der Waals surface area contributed by atoms with Crippen molar-refractivity contribution in [2.45, 2.75) is 20.4 Å². The van der Waals surface area contributed by atoms with E-state index in [0.717, 1.165) is 5.56 Å². The van der Waals surface area contributed by atoms with Gasteiger partial charge in [-0.3, -0.25) is 4.79 Å². The van der Waals surface area contributed by atoms with E-state index in [1.807, 2.05) is 6.07 Å². The minimum Gasteiger partial charge on any atom is -0.354 e. The summed E-state index contributed by atoms with van der Waals surface area (Å²) in [6.45, 7) is 5.41. The van der Waals surface area contributed by atoms with Gasteiger partial charge in [-0.1, -0.05) is 13.8 Å². The summed E-state index contributed by atoms with van der Waals surface area (Å²) in [6, 6.07) is 1.81. The third-order valence-corrected chi connectivity index (χ3v) is 2.45. The summed E-state index contributed by atoms with van der Waals surface area (Å²) in [5.74, 6) is 1.06. The van der Waals surface area contributed by atoms with Gasteiger partial charge in [-0.2, -0.15) is 5.10 Å². The van der Waals surface area contributed by atoms with Crippen LogP contribution in [-0.2, 0) is 11.3 Å². The van der Waals surface area contributed by atoms with Crippen LogP contribution in [0.15, 0.2) is 12.3 Å². The lowest BCUT2D eigenvalue weighted by Gasteiger charge is -2.19. The standard InChI is InChI=1S/C12H21N5O/c1-9(2)7-14-11(18)8-17(3)12-10(6-13)4-5-15-16-12/h4-5,9H,6-8,13H2,1-3H3,(H,14,18). The summed E-state index contributed by atoms with van der Waals surface area (Å²) < 4.78 is 0. The second kappa shape index (κ2) is 6.90. The zero-order chi connectivity index (χ0) is 13.5. The van der Waals surface area contributed by atoms with Crippen LogP contribution in [-0.4, -0.2) is 36.2 Å². The van der Waals surface area contributed by atoms with Crippen molar-refractivity contribution >= 4 is 11.7 Å². The first kappa shape index (κ1) is 14.4. The molecule has 0 aliphatic carbocycles. The molecular formula is C12H21N5O. The summed E-state index contributed by atoms with van der Waals surface area (Å²) >= 11 is 0. The number of nitrogens with two attached hydrogens (primary N) is 1. The van der Waals surface area contributed by atoms with Crippen LogP contribution in [0.3, 0.4) is 0 Å². The number of hydrogen-bond acceptors (Lipinski definition) is 5. The fraction of sp³-hybridized carbons (Fsp3) is 0.583. The molecule has 0 aliphatic heterocycles. The molecule has 100 valence electrons. The lowest BCUT2D eigenvalue weighted by atomic mass is 10.2. The zero-order valence-electron chi connectivity index (χ0n) is 11.2. The third-order valence-electron chi connectivity index (χ3n) is 2.45. The van der Waals surface area contributed by atoms with E-state index in [4.69, 9.17) is 5.73 Å². The van der Waals surface area contributed by atoms with Gasteiger partial charge < -0.3 is 16.0 Å². The minimum atomic E-state index is -0.0279. The highest BCUT2D eigenvalue weighted by Gasteiger charge is 2.12. The summed E-state index contributed by atoms with van der Waals surface area (Å²) in [5, 5.41) is 10.7. The fourth-order valence-corrected chi connectivity index (χ4v) is 1.50. The highest BCUT2D eigenvalue weighted by Crippen LogP contribution is 2.13. The molecule has 1 heterocycles. The molecule has 0 atom stereocenters. The average Bonchev–Trinajstić information content (AvgIpc) is 2.36. The van der Waals surface area contributed by atoms with E-state index in [-0.39, 0.29) is 12.5 Å². The Kier molecular flexibility index (Phi) is 5.51. The highest BCUT2D eigenvalue weighted by molar-refractivity contribution is 5.81. The SMILES string of the molecule is CC(C)CNC(=O)CN(C)c1nnccc1CN. The Morgan fingerprint density at radius 1 is 1.56 bits per heavy atom. The van der Waals surface area contributed by atoms with E-state index in [0.29, 0.717) is 24.8 Å². The molecule has 0 fully saturated rings. The highest BCUT2D eigenvalue weighted by atomic mass is 16.2. The van der Waals surface area contributed by atoms with Gasteiger partial charge in [-0.05, 0) is 12.0 Å². The van der Waals surface area contributed by atoms with E-state index in [9.17, 15) is 4.79 Å². The normalized spacial score (nSPS) is 10.5. The van der Waals surface area contributed by atoms with Crippen LogP contribution in [0.5, 0.6) is 0 Å². The molecule has 18 heavy (non-hydrogen) atoms. The lowest BCUT2D eigenvalue weighted by Crippen LogP contribution is -2.37. The first-order valence-electron chi connectivity index (χ1n) is 6.03. The molecule has 6 heteroatoms. The Labute approximate surface area is 108 Å². The van der Waals surface area contributed by atoms with Gasteiger partial charge in [-0.15, -0.1) is 5.10 Å². The van der Waals surface area contributed by atoms with Gasteiger partial charge >= 0.3 is 0 Å². The minimum absolute atomic E-state index is 0.0279. The third kappa shape index (κ3) is 4.29. The Morgan fingerprint density at radius 2 is 2.28 bits per heavy atom. The maximum absolute atomic E-state index is 11.7. The van der Waals surface area contributed by atoms with Gasteiger partial charge in [0.2, 0.25) is 5.91 Å². The predicted molar refractivity (Wildman–Crippen MR) is 71.0 cm³/mol. The van der Waals surface area contributed by atoms with E-state index in [2.05, 4.69) is 29.4 Å². The Balaban J connectivity index is 2.59. The first-order chi connectivity index (χ1) is 8.54. The second-order valence-electron chi connectivity index (χ2n) is 4.64. The average molecular weight is 251 g/mol. The molecule has 0 bridgehead atoms. The van der Waals surface area contributed by atoms with Crippen LogP contribution in [0.2, 0.25) is 0 Å². The molecule has 0 saturated carbocycles. The number of nitrogens with zero attached hydrogens (tertiary/aromatic N) is 3.